The van der Waals surface area contributed by atoms with Crippen LogP contribution in [0.2, 0.25) is 0 Å². The standard InChI is InChI=1S/C10H10OS3/c1-11-6-3-4-7-9(10(6)12)8(13-2)5-14-7/h3-5,12H,1-2H3. The van der Waals surface area contributed by atoms with Crippen LogP contribution in [0.15, 0.2) is 27.3 Å². The van der Waals surface area contributed by atoms with Gasteiger partial charge in [-0.1, -0.05) is 0 Å². The van der Waals surface area contributed by atoms with E-state index in [1.165, 1.54) is 15.0 Å². The second-order valence-corrected chi connectivity index (χ2v) is 5.00. The van der Waals surface area contributed by atoms with Gasteiger partial charge in [0.25, 0.3) is 0 Å². The number of thiophene rings is 1. The number of thioether (sulfide) groups is 1. The molecule has 0 saturated carbocycles. The highest BCUT2D eigenvalue weighted by Crippen LogP contribution is 2.40. The van der Waals surface area contributed by atoms with Crippen LogP contribution < -0.4 is 4.74 Å². The van der Waals surface area contributed by atoms with Gasteiger partial charge >= 0.3 is 0 Å². The molecule has 0 aliphatic heterocycles. The zero-order valence-electron chi connectivity index (χ0n) is 7.90. The number of rotatable bonds is 2. The van der Waals surface area contributed by atoms with Crippen LogP contribution >= 0.6 is 35.7 Å². The second kappa shape index (κ2) is 4.04. The van der Waals surface area contributed by atoms with Gasteiger partial charge in [0.2, 0.25) is 0 Å². The Hall–Kier alpha value is -0.320. The van der Waals surface area contributed by atoms with Crippen LogP contribution in [0, 0.1) is 0 Å². The lowest BCUT2D eigenvalue weighted by Crippen LogP contribution is -1.84. The predicted molar refractivity (Wildman–Crippen MR) is 67.4 cm³/mol. The van der Waals surface area contributed by atoms with Gasteiger partial charge in [0.15, 0.2) is 0 Å². The van der Waals surface area contributed by atoms with Gasteiger partial charge in [-0.15, -0.1) is 35.7 Å². The number of methoxy groups -OCH3 is 1. The second-order valence-electron chi connectivity index (χ2n) is 2.79. The summed E-state index contributed by atoms with van der Waals surface area (Å²) in [4.78, 5) is 2.21. The van der Waals surface area contributed by atoms with E-state index < -0.39 is 0 Å². The number of benzene rings is 1. The minimum atomic E-state index is 0.842. The highest BCUT2D eigenvalue weighted by Gasteiger charge is 2.10. The Labute approximate surface area is 96.9 Å². The molecule has 1 nitrogen and oxygen atoms in total. The molecule has 1 aromatic carbocycles. The molecule has 1 aromatic heterocycles. The first-order valence-electron chi connectivity index (χ1n) is 4.09. The van der Waals surface area contributed by atoms with Gasteiger partial charge in [-0.3, -0.25) is 0 Å². The van der Waals surface area contributed by atoms with Crippen LogP contribution in [0.3, 0.4) is 0 Å². The molecule has 4 heteroatoms. The quantitative estimate of drug-likeness (QED) is 0.631. The number of thiol groups is 1. The Kier molecular flexibility index (Phi) is 2.95. The topological polar surface area (TPSA) is 9.23 Å². The molecular formula is C10H10OS3. The summed E-state index contributed by atoms with van der Waals surface area (Å²) in [5, 5.41) is 3.37. The average molecular weight is 242 g/mol. The van der Waals surface area contributed by atoms with E-state index in [0.717, 1.165) is 10.6 Å². The first-order chi connectivity index (χ1) is 6.77. The van der Waals surface area contributed by atoms with Crippen molar-refractivity contribution in [2.24, 2.45) is 0 Å². The van der Waals surface area contributed by atoms with Gasteiger partial charge < -0.3 is 4.74 Å². The first kappa shape index (κ1) is 10.2. The predicted octanol–water partition coefficient (Wildman–Crippen LogP) is 3.92. The first-order valence-corrected chi connectivity index (χ1v) is 6.64. The van der Waals surface area contributed by atoms with Crippen molar-refractivity contribution in [2.75, 3.05) is 13.4 Å². The third-order valence-corrected chi connectivity index (χ3v) is 4.38. The Morgan fingerprint density at radius 1 is 1.43 bits per heavy atom. The highest BCUT2D eigenvalue weighted by atomic mass is 32.2. The molecule has 2 rings (SSSR count). The lowest BCUT2D eigenvalue weighted by atomic mass is 10.2. The molecule has 0 amide bonds. The SMILES string of the molecule is COc1ccc2scc(SC)c2c1S. The Balaban J connectivity index is 2.77. The maximum atomic E-state index is 5.24. The molecule has 0 saturated heterocycles. The lowest BCUT2D eigenvalue weighted by Gasteiger charge is -2.05. The Morgan fingerprint density at radius 3 is 2.86 bits per heavy atom. The number of ether oxygens (including phenoxy) is 1. The molecule has 74 valence electrons. The minimum Gasteiger partial charge on any atom is -0.496 e. The fraction of sp³-hybridized carbons (Fsp3) is 0.200. The van der Waals surface area contributed by atoms with Crippen LogP contribution in [0.5, 0.6) is 5.75 Å². The van der Waals surface area contributed by atoms with Crippen LogP contribution in [-0.2, 0) is 0 Å². The third-order valence-electron chi connectivity index (χ3n) is 2.08. The van der Waals surface area contributed by atoms with Crippen LogP contribution in [0.4, 0.5) is 0 Å². The van der Waals surface area contributed by atoms with E-state index in [1.807, 2.05) is 6.07 Å². The summed E-state index contributed by atoms with van der Waals surface area (Å²) in [5.41, 5.74) is 0. The number of hydrogen-bond acceptors (Lipinski definition) is 4. The molecule has 2 aromatic rings. The van der Waals surface area contributed by atoms with E-state index in [9.17, 15) is 0 Å². The van der Waals surface area contributed by atoms with Crippen molar-refractivity contribution in [1.29, 1.82) is 0 Å². The lowest BCUT2D eigenvalue weighted by molar-refractivity contribution is 0.406. The molecule has 0 atom stereocenters. The van der Waals surface area contributed by atoms with E-state index in [2.05, 4.69) is 30.3 Å². The molecule has 0 unspecified atom stereocenters. The Bertz CT molecular complexity index is 462. The van der Waals surface area contributed by atoms with Gasteiger partial charge in [0.05, 0.1) is 12.0 Å². The minimum absolute atomic E-state index is 0.842. The molecular weight excluding hydrogens is 232 g/mol. The Morgan fingerprint density at radius 2 is 2.21 bits per heavy atom. The fourth-order valence-corrected chi connectivity index (χ4v) is 3.78. The summed E-state index contributed by atoms with van der Waals surface area (Å²) in [5.74, 6) is 0.842. The highest BCUT2D eigenvalue weighted by molar-refractivity contribution is 7.99. The maximum Gasteiger partial charge on any atom is 0.132 e. The molecule has 0 radical (unpaired) electrons. The summed E-state index contributed by atoms with van der Waals surface area (Å²) in [6.45, 7) is 0. The van der Waals surface area contributed by atoms with Crippen molar-refractivity contribution in [3.05, 3.63) is 17.5 Å². The molecule has 1 heterocycles. The van der Waals surface area contributed by atoms with Gasteiger partial charge in [-0.25, -0.2) is 0 Å². The molecule has 0 N–H and O–H groups in total. The van der Waals surface area contributed by atoms with Crippen molar-refractivity contribution in [3.63, 3.8) is 0 Å². The van der Waals surface area contributed by atoms with Crippen molar-refractivity contribution in [3.8, 4) is 5.75 Å². The monoisotopic (exact) mass is 242 g/mol. The van der Waals surface area contributed by atoms with Gasteiger partial charge in [0, 0.05) is 20.4 Å². The van der Waals surface area contributed by atoms with E-state index in [1.54, 1.807) is 30.2 Å². The third kappa shape index (κ3) is 1.51. The summed E-state index contributed by atoms with van der Waals surface area (Å²) < 4.78 is 6.50. The van der Waals surface area contributed by atoms with Crippen molar-refractivity contribution < 1.29 is 4.74 Å². The maximum absolute atomic E-state index is 5.24. The fourth-order valence-electron chi connectivity index (χ4n) is 1.38. The molecule has 0 spiro atoms. The zero-order valence-corrected chi connectivity index (χ0v) is 10.4. The van der Waals surface area contributed by atoms with E-state index in [4.69, 9.17) is 4.74 Å². The normalized spacial score (nSPS) is 10.8. The summed E-state index contributed by atoms with van der Waals surface area (Å²) in [7, 11) is 1.67. The van der Waals surface area contributed by atoms with E-state index in [-0.39, 0.29) is 0 Å². The molecule has 0 aliphatic carbocycles. The number of fused-ring (bicyclic) bond motifs is 1. The van der Waals surface area contributed by atoms with Gasteiger partial charge in [0.1, 0.15) is 5.75 Å². The molecule has 0 fully saturated rings. The van der Waals surface area contributed by atoms with Crippen molar-refractivity contribution in [1.82, 2.24) is 0 Å². The van der Waals surface area contributed by atoms with E-state index >= 15 is 0 Å². The van der Waals surface area contributed by atoms with E-state index in [0.29, 0.717) is 0 Å². The van der Waals surface area contributed by atoms with Crippen molar-refractivity contribution in [2.45, 2.75) is 9.79 Å². The van der Waals surface area contributed by atoms with Crippen molar-refractivity contribution >= 4 is 45.8 Å². The number of hydrogen-bond donors (Lipinski definition) is 1. The molecule has 14 heavy (non-hydrogen) atoms. The molecule has 0 aliphatic rings. The largest absolute Gasteiger partial charge is 0.496 e. The summed E-state index contributed by atoms with van der Waals surface area (Å²) in [6.07, 6.45) is 2.08. The van der Waals surface area contributed by atoms with Gasteiger partial charge in [-0.2, -0.15) is 0 Å². The van der Waals surface area contributed by atoms with Crippen LogP contribution in [0.1, 0.15) is 0 Å². The summed E-state index contributed by atoms with van der Waals surface area (Å²) >= 11 is 7.99. The smallest absolute Gasteiger partial charge is 0.132 e. The van der Waals surface area contributed by atoms with Crippen LogP contribution in [-0.4, -0.2) is 13.4 Å². The zero-order chi connectivity index (χ0) is 10.1. The summed E-state index contributed by atoms with van der Waals surface area (Å²) in [6, 6.07) is 4.05. The van der Waals surface area contributed by atoms with Crippen LogP contribution in [0.25, 0.3) is 10.1 Å². The van der Waals surface area contributed by atoms with Gasteiger partial charge in [-0.05, 0) is 18.4 Å². The average Bonchev–Trinajstić information content (AvgIpc) is 2.62. The molecule has 0 bridgehead atoms.